The number of hydrogen-bond acceptors (Lipinski definition) is 5. The van der Waals surface area contributed by atoms with E-state index in [2.05, 4.69) is 14.7 Å². The molecule has 0 spiro atoms. The molecule has 2 heterocycles. The van der Waals surface area contributed by atoms with Crippen molar-refractivity contribution in [2.24, 2.45) is 0 Å². The average Bonchev–Trinajstić information content (AvgIpc) is 2.98. The molecule has 0 radical (unpaired) electrons. The van der Waals surface area contributed by atoms with Crippen LogP contribution in [0.15, 0.2) is 22.5 Å². The summed E-state index contributed by atoms with van der Waals surface area (Å²) in [6, 6.07) is 1.41. The second-order valence-corrected chi connectivity index (χ2v) is 6.76. The number of thiazole rings is 1. The van der Waals surface area contributed by atoms with Crippen LogP contribution in [0.4, 0.5) is 0 Å². The van der Waals surface area contributed by atoms with Crippen LogP contribution in [-0.4, -0.2) is 30.0 Å². The molecule has 8 heteroatoms. The van der Waals surface area contributed by atoms with Gasteiger partial charge in [-0.15, -0.1) is 11.3 Å². The third-order valence-corrected chi connectivity index (χ3v) is 4.96. The minimum atomic E-state index is -3.53. The van der Waals surface area contributed by atoms with Crippen molar-refractivity contribution < 1.29 is 13.5 Å². The van der Waals surface area contributed by atoms with Gasteiger partial charge >= 0.3 is 0 Å². The quantitative estimate of drug-likeness (QED) is 0.735. The molecule has 2 aromatic rings. The maximum absolute atomic E-state index is 11.9. The Balaban J connectivity index is 1.94. The molecule has 2 rings (SSSR count). The zero-order chi connectivity index (χ0) is 13.9. The summed E-state index contributed by atoms with van der Waals surface area (Å²) in [7, 11) is -3.53. The lowest BCUT2D eigenvalue weighted by Gasteiger charge is -2.03. The molecule has 0 aliphatic heterocycles. The lowest BCUT2D eigenvalue weighted by Crippen LogP contribution is -2.25. The van der Waals surface area contributed by atoms with Crippen molar-refractivity contribution in [2.45, 2.75) is 24.8 Å². The van der Waals surface area contributed by atoms with E-state index in [1.807, 2.05) is 12.3 Å². The first-order valence-corrected chi connectivity index (χ1v) is 8.06. The highest BCUT2D eigenvalue weighted by atomic mass is 32.2. The summed E-state index contributed by atoms with van der Waals surface area (Å²) in [6.07, 6.45) is 1.93. The van der Waals surface area contributed by atoms with Crippen molar-refractivity contribution in [3.05, 3.63) is 34.0 Å². The normalized spacial score (nSPS) is 11.9. The molecule has 0 aliphatic carbocycles. The summed E-state index contributed by atoms with van der Waals surface area (Å²) in [5, 5.41) is 11.7. The van der Waals surface area contributed by atoms with Gasteiger partial charge in [-0.3, -0.25) is 0 Å². The highest BCUT2D eigenvalue weighted by Gasteiger charge is 2.15. The predicted molar refractivity (Wildman–Crippen MR) is 72.5 cm³/mol. The zero-order valence-electron chi connectivity index (χ0n) is 10.4. The topological polar surface area (TPSA) is 95.1 Å². The van der Waals surface area contributed by atoms with E-state index >= 15 is 0 Å². The number of hydrogen-bond donors (Lipinski definition) is 3. The van der Waals surface area contributed by atoms with Crippen LogP contribution >= 0.6 is 11.3 Å². The van der Waals surface area contributed by atoms with E-state index in [-0.39, 0.29) is 11.5 Å². The van der Waals surface area contributed by atoms with E-state index in [0.29, 0.717) is 18.7 Å². The highest BCUT2D eigenvalue weighted by Crippen LogP contribution is 2.12. The number of nitrogens with zero attached hydrogens (tertiary/aromatic N) is 1. The number of nitrogens with one attached hydrogen (secondary N) is 2. The Hall–Kier alpha value is -1.22. The van der Waals surface area contributed by atoms with Crippen molar-refractivity contribution in [1.29, 1.82) is 0 Å². The molecular weight excluding hydrogens is 286 g/mol. The molecule has 0 aromatic carbocycles. The Morgan fingerprint density at radius 3 is 2.89 bits per heavy atom. The second kappa shape index (κ2) is 5.83. The molecule has 104 valence electrons. The second-order valence-electron chi connectivity index (χ2n) is 4.05. The fraction of sp³-hybridized carbons (Fsp3) is 0.364. The Morgan fingerprint density at radius 1 is 1.53 bits per heavy atom. The Kier molecular flexibility index (Phi) is 4.35. The minimum absolute atomic E-state index is 0.131. The summed E-state index contributed by atoms with van der Waals surface area (Å²) in [5.74, 6) is 0. The first kappa shape index (κ1) is 14.2. The van der Waals surface area contributed by atoms with E-state index in [4.69, 9.17) is 5.11 Å². The lowest BCUT2D eigenvalue weighted by molar-refractivity contribution is 0.277. The largest absolute Gasteiger partial charge is 0.390 e. The van der Waals surface area contributed by atoms with Gasteiger partial charge in [-0.05, 0) is 13.0 Å². The first-order chi connectivity index (χ1) is 9.01. The number of aromatic amines is 1. The number of aryl methyl sites for hydroxylation is 1. The predicted octanol–water partition coefficient (Wildman–Crippen LogP) is 0.793. The molecule has 0 saturated heterocycles. The first-order valence-electron chi connectivity index (χ1n) is 5.70. The number of sulfonamides is 1. The van der Waals surface area contributed by atoms with E-state index in [9.17, 15) is 8.42 Å². The molecule has 0 bridgehead atoms. The van der Waals surface area contributed by atoms with Crippen molar-refractivity contribution >= 4 is 21.4 Å². The van der Waals surface area contributed by atoms with Crippen LogP contribution < -0.4 is 4.72 Å². The van der Waals surface area contributed by atoms with Gasteiger partial charge in [-0.1, -0.05) is 0 Å². The van der Waals surface area contributed by atoms with Gasteiger partial charge in [0, 0.05) is 35.9 Å². The van der Waals surface area contributed by atoms with Crippen LogP contribution in [0, 0.1) is 6.92 Å². The fourth-order valence-electron chi connectivity index (χ4n) is 1.56. The van der Waals surface area contributed by atoms with Crippen molar-refractivity contribution in [1.82, 2.24) is 14.7 Å². The monoisotopic (exact) mass is 301 g/mol. The smallest absolute Gasteiger partial charge is 0.242 e. The molecule has 6 nitrogen and oxygen atoms in total. The Labute approximate surface area is 115 Å². The molecule has 0 unspecified atom stereocenters. The van der Waals surface area contributed by atoms with Gasteiger partial charge in [-0.2, -0.15) is 0 Å². The van der Waals surface area contributed by atoms with E-state index < -0.39 is 10.0 Å². The van der Waals surface area contributed by atoms with Gasteiger partial charge in [0.2, 0.25) is 10.0 Å². The van der Waals surface area contributed by atoms with Gasteiger partial charge < -0.3 is 10.1 Å². The van der Waals surface area contributed by atoms with Crippen LogP contribution in [0.2, 0.25) is 0 Å². The van der Waals surface area contributed by atoms with E-state index in [1.165, 1.54) is 23.6 Å². The van der Waals surface area contributed by atoms with Crippen molar-refractivity contribution in [2.75, 3.05) is 6.54 Å². The number of aromatic nitrogens is 2. The maximum atomic E-state index is 11.9. The van der Waals surface area contributed by atoms with Gasteiger partial charge in [0.15, 0.2) is 0 Å². The number of aliphatic hydroxyl groups excluding tert-OH is 1. The van der Waals surface area contributed by atoms with E-state index in [1.54, 1.807) is 0 Å². The van der Waals surface area contributed by atoms with Gasteiger partial charge in [0.1, 0.15) is 0 Å². The van der Waals surface area contributed by atoms with Crippen LogP contribution in [-0.2, 0) is 23.1 Å². The van der Waals surface area contributed by atoms with E-state index in [0.717, 1.165) is 10.7 Å². The summed E-state index contributed by atoms with van der Waals surface area (Å²) >= 11 is 1.52. The maximum Gasteiger partial charge on any atom is 0.242 e. The third-order valence-electron chi connectivity index (χ3n) is 2.49. The molecule has 19 heavy (non-hydrogen) atoms. The average molecular weight is 301 g/mol. The van der Waals surface area contributed by atoms with Crippen LogP contribution in [0.3, 0.4) is 0 Å². The Bertz CT molecular complexity index is 646. The molecular formula is C11H15N3O3S2. The third kappa shape index (κ3) is 3.63. The van der Waals surface area contributed by atoms with Crippen LogP contribution in [0.1, 0.15) is 16.4 Å². The molecule has 0 amide bonds. The number of aliphatic hydroxyl groups is 1. The minimum Gasteiger partial charge on any atom is -0.390 e. The molecule has 2 aromatic heterocycles. The molecule has 0 aliphatic rings. The summed E-state index contributed by atoms with van der Waals surface area (Å²) in [4.78, 5) is 7.09. The van der Waals surface area contributed by atoms with Gasteiger partial charge in [-0.25, -0.2) is 18.1 Å². The molecule has 0 saturated carbocycles. The Morgan fingerprint density at radius 2 is 2.32 bits per heavy atom. The summed E-state index contributed by atoms with van der Waals surface area (Å²) in [5.41, 5.74) is 1.41. The van der Waals surface area contributed by atoms with Gasteiger partial charge in [0.25, 0.3) is 0 Å². The lowest BCUT2D eigenvalue weighted by atomic mass is 10.4. The molecule has 3 N–H and O–H groups in total. The molecule has 0 atom stereocenters. The van der Waals surface area contributed by atoms with Crippen molar-refractivity contribution in [3.8, 4) is 0 Å². The van der Waals surface area contributed by atoms with Crippen LogP contribution in [0.5, 0.6) is 0 Å². The SMILES string of the molecule is Cc1csc(CCNS(=O)(=O)c2c[nH]c(CO)c2)n1. The summed E-state index contributed by atoms with van der Waals surface area (Å²) < 4.78 is 26.4. The van der Waals surface area contributed by atoms with Gasteiger partial charge in [0.05, 0.1) is 16.5 Å². The number of H-pyrrole nitrogens is 1. The fourth-order valence-corrected chi connectivity index (χ4v) is 3.38. The number of rotatable bonds is 6. The highest BCUT2D eigenvalue weighted by molar-refractivity contribution is 7.89. The summed E-state index contributed by atoms with van der Waals surface area (Å²) in [6.45, 7) is 1.99. The molecule has 0 fully saturated rings. The van der Waals surface area contributed by atoms with Crippen molar-refractivity contribution in [3.63, 3.8) is 0 Å². The van der Waals surface area contributed by atoms with Crippen LogP contribution in [0.25, 0.3) is 0 Å². The standard InChI is InChI=1S/C11H15N3O3S2/c1-8-7-18-11(14-8)2-3-13-19(16,17)10-4-9(6-15)12-5-10/h4-5,7,12-13,15H,2-3,6H2,1H3. The zero-order valence-corrected chi connectivity index (χ0v) is 12.0.